The molecular weight excluding hydrogens is 885 g/mol. The third-order valence-electron chi connectivity index (χ3n) is 16.8. The SMILES string of the molecule is CCCCCCOP(=O)([O-])Oc1c2c(c(OP(=O)([O-])OCCCCCC)c3c1C1CC3c3cc4c(cc31)C1CC4c3ccccc31)C1CC2c2cc3c(cc21)C1CC3c2ccccc21.[Na+].[Na+]. The molecule has 8 nitrogen and oxygen atoms in total. The van der Waals surface area contributed by atoms with Crippen LogP contribution in [-0.2, 0) is 18.2 Å². The van der Waals surface area contributed by atoms with Gasteiger partial charge in [-0.25, -0.2) is 0 Å². The molecule has 66 heavy (non-hydrogen) atoms. The monoisotopic (exact) mass is 938 g/mol. The fourth-order valence-electron chi connectivity index (χ4n) is 14.3. The van der Waals surface area contributed by atoms with E-state index in [1.807, 2.05) is 0 Å². The molecule has 12 heteroatoms. The fourth-order valence-corrected chi connectivity index (χ4v) is 16.0. The van der Waals surface area contributed by atoms with Gasteiger partial charge in [-0.3, -0.25) is 9.13 Å². The molecule has 0 fully saturated rings. The van der Waals surface area contributed by atoms with Crippen molar-refractivity contribution >= 4 is 15.6 Å². The van der Waals surface area contributed by atoms with Gasteiger partial charge in [-0.1, -0.05) is 125 Å². The Hall–Kier alpha value is -2.00. The Kier molecular flexibility index (Phi) is 12.2. The first-order chi connectivity index (χ1) is 31.1. The molecule has 0 heterocycles. The van der Waals surface area contributed by atoms with Gasteiger partial charge >= 0.3 is 74.8 Å². The van der Waals surface area contributed by atoms with Crippen LogP contribution in [0.4, 0.5) is 0 Å². The van der Waals surface area contributed by atoms with Crippen LogP contribution in [0.25, 0.3) is 0 Å². The summed E-state index contributed by atoms with van der Waals surface area (Å²) < 4.78 is 52.6. The molecule has 0 spiro atoms. The molecule has 8 bridgehead atoms. The Bertz CT molecular complexity index is 2570. The Labute approximate surface area is 432 Å². The van der Waals surface area contributed by atoms with Gasteiger partial charge in [0.15, 0.2) is 0 Å². The normalized spacial score (nSPS) is 26.5. The van der Waals surface area contributed by atoms with Crippen molar-refractivity contribution in [3.05, 3.63) is 162 Å². The Morgan fingerprint density at radius 1 is 0.424 bits per heavy atom. The van der Waals surface area contributed by atoms with Gasteiger partial charge in [-0.05, 0) is 105 Å². The topological polar surface area (TPSA) is 117 Å². The molecule has 10 atom stereocenters. The summed E-state index contributed by atoms with van der Waals surface area (Å²) in [6.45, 7) is 4.35. The summed E-state index contributed by atoms with van der Waals surface area (Å²) in [5.41, 5.74) is 18.8. The average Bonchev–Trinajstić information content (AvgIpc) is 4.17. The maximum atomic E-state index is 14.2. The molecule has 0 N–H and O–H groups in total. The van der Waals surface area contributed by atoms with Crippen molar-refractivity contribution in [3.8, 4) is 11.5 Å². The van der Waals surface area contributed by atoms with Gasteiger partial charge < -0.3 is 27.9 Å². The Morgan fingerprint density at radius 3 is 0.985 bits per heavy atom. The smallest absolute Gasteiger partial charge is 0.746 e. The number of hydrogen-bond donors (Lipinski definition) is 0. The molecule has 13 rings (SSSR count). The Morgan fingerprint density at radius 2 is 0.697 bits per heavy atom. The maximum absolute atomic E-state index is 14.2. The van der Waals surface area contributed by atoms with Crippen LogP contribution in [0, 0.1) is 0 Å². The van der Waals surface area contributed by atoms with E-state index in [2.05, 4.69) is 86.6 Å². The van der Waals surface area contributed by atoms with E-state index in [0.717, 1.165) is 73.6 Å². The predicted octanol–water partition coefficient (Wildman–Crippen LogP) is 6.51. The third kappa shape index (κ3) is 6.96. The molecule has 0 radical (unpaired) electrons. The van der Waals surface area contributed by atoms with Crippen molar-refractivity contribution in [2.45, 2.75) is 138 Å². The number of rotatable bonds is 16. The van der Waals surface area contributed by atoms with Crippen LogP contribution in [0.2, 0.25) is 0 Å². The fraction of sp³-hybridized carbons (Fsp3) is 0.444. The van der Waals surface area contributed by atoms with Crippen molar-refractivity contribution in [1.29, 1.82) is 0 Å². The van der Waals surface area contributed by atoms with Crippen molar-refractivity contribution in [1.82, 2.24) is 0 Å². The van der Waals surface area contributed by atoms with E-state index >= 15 is 0 Å². The van der Waals surface area contributed by atoms with Gasteiger partial charge in [0.2, 0.25) is 0 Å². The van der Waals surface area contributed by atoms with Gasteiger partial charge in [0.1, 0.15) is 11.5 Å². The summed E-state index contributed by atoms with van der Waals surface area (Å²) >= 11 is 0. The molecule has 8 aliphatic rings. The van der Waals surface area contributed by atoms with Gasteiger partial charge in [-0.2, -0.15) is 0 Å². The third-order valence-corrected chi connectivity index (χ3v) is 18.6. The quantitative estimate of drug-likeness (QED) is 0.0626. The van der Waals surface area contributed by atoms with E-state index in [1.54, 1.807) is 0 Å². The minimum Gasteiger partial charge on any atom is -0.746 e. The maximum Gasteiger partial charge on any atom is 1.00 e. The van der Waals surface area contributed by atoms with Crippen molar-refractivity contribution in [3.63, 3.8) is 0 Å². The van der Waals surface area contributed by atoms with Crippen LogP contribution >= 0.6 is 15.6 Å². The minimum absolute atomic E-state index is 0. The summed E-state index contributed by atoms with van der Waals surface area (Å²) in [6.07, 6.45) is 10.5. The molecule has 5 aromatic carbocycles. The zero-order valence-corrected chi connectivity index (χ0v) is 44.4. The molecule has 10 unspecified atom stereocenters. The molecule has 5 aromatic rings. The summed E-state index contributed by atoms with van der Waals surface area (Å²) in [5, 5.41) is 0. The summed E-state index contributed by atoms with van der Waals surface area (Å²) in [6, 6.07) is 27.2. The molecule has 0 saturated heterocycles. The van der Waals surface area contributed by atoms with Gasteiger partial charge in [-0.15, -0.1) is 0 Å². The second kappa shape index (κ2) is 17.4. The summed E-state index contributed by atoms with van der Waals surface area (Å²) in [5.74, 6) is 1.18. The van der Waals surface area contributed by atoms with Crippen LogP contribution in [0.15, 0.2) is 72.8 Å². The van der Waals surface area contributed by atoms with E-state index in [0.29, 0.717) is 60.9 Å². The van der Waals surface area contributed by atoms with Crippen LogP contribution in [0.1, 0.15) is 227 Å². The molecule has 0 amide bonds. The molecule has 0 aromatic heterocycles. The minimum atomic E-state index is -4.87. The predicted molar refractivity (Wildman–Crippen MR) is 242 cm³/mol. The second-order valence-electron chi connectivity index (χ2n) is 20.0. The van der Waals surface area contributed by atoms with Crippen LogP contribution in [0.3, 0.4) is 0 Å². The van der Waals surface area contributed by atoms with Crippen LogP contribution in [0.5, 0.6) is 11.5 Å². The molecule has 330 valence electrons. The first kappa shape index (κ1) is 46.4. The van der Waals surface area contributed by atoms with Crippen molar-refractivity contribution in [2.24, 2.45) is 0 Å². The first-order valence-electron chi connectivity index (χ1n) is 24.2. The van der Waals surface area contributed by atoms with Crippen LogP contribution < -0.4 is 77.9 Å². The van der Waals surface area contributed by atoms with Crippen molar-refractivity contribution in [2.75, 3.05) is 13.2 Å². The summed E-state index contributed by atoms with van der Waals surface area (Å²) in [4.78, 5) is 28.4. The molecule has 0 aliphatic heterocycles. The van der Waals surface area contributed by atoms with E-state index in [1.165, 1.54) is 66.8 Å². The number of phosphoric ester groups is 2. The largest absolute Gasteiger partial charge is 1.00 e. The number of unbranched alkanes of at least 4 members (excludes halogenated alkanes) is 6. The number of benzene rings is 5. The zero-order chi connectivity index (χ0) is 43.2. The molecular formula is C54H54Na2O8P2. The molecule has 0 saturated carbocycles. The van der Waals surface area contributed by atoms with E-state index < -0.39 is 15.6 Å². The zero-order valence-electron chi connectivity index (χ0n) is 38.6. The van der Waals surface area contributed by atoms with Crippen molar-refractivity contribution < 1.29 is 96.1 Å². The van der Waals surface area contributed by atoms with Gasteiger partial charge in [0.25, 0.3) is 0 Å². The van der Waals surface area contributed by atoms with E-state index in [4.69, 9.17) is 18.1 Å². The number of hydrogen-bond acceptors (Lipinski definition) is 8. The number of phosphoric acid groups is 2. The first-order valence-corrected chi connectivity index (χ1v) is 27.1. The van der Waals surface area contributed by atoms with Gasteiger partial charge in [0, 0.05) is 69.6 Å². The second-order valence-corrected chi connectivity index (χ2v) is 22.7. The van der Waals surface area contributed by atoms with E-state index in [-0.39, 0.29) is 96.0 Å². The average molecular weight is 939 g/mol. The summed E-state index contributed by atoms with van der Waals surface area (Å²) in [7, 11) is -9.74. The number of fused-ring (bicyclic) bond motifs is 32. The standard InChI is InChI=1S/C54H56O8P2.2Na/c1-3-5-7-13-19-59-63(55,56)61-53-49-45-27-47(43-25-39-35-21-33(37(39)23-41(43)45)29-15-9-11-17-31(29)35)51(49)54(62-64(57,58)60-20-14-8-6-4-2)52-48-28-46(50(52)53)42-24-38-34-22-36(40(38)26-44(42)48)32-18-12-10-16-30(32)34;;/h9-12,15-18,23-26,33-36,45-48H,3-8,13-14,19-22,27-28H2,1-2H3,(H,55,56)(H,57,58);;/q;2*+1/p-2. The van der Waals surface area contributed by atoms with Gasteiger partial charge in [0.05, 0.1) is 13.2 Å². The van der Waals surface area contributed by atoms with Crippen LogP contribution in [-0.4, -0.2) is 13.2 Å². The Balaban J connectivity index is 0.00000241. The van der Waals surface area contributed by atoms with E-state index in [9.17, 15) is 18.9 Å². The molecule has 8 aliphatic carbocycles.